The Labute approximate surface area is 113 Å². The summed E-state index contributed by atoms with van der Waals surface area (Å²) < 4.78 is 0.941. The Morgan fingerprint density at radius 1 is 1.33 bits per heavy atom. The van der Waals surface area contributed by atoms with Gasteiger partial charge in [0.15, 0.2) is 0 Å². The summed E-state index contributed by atoms with van der Waals surface area (Å²) in [6.45, 7) is 3.29. The number of benzene rings is 1. The van der Waals surface area contributed by atoms with E-state index in [9.17, 15) is 4.79 Å². The van der Waals surface area contributed by atoms with Crippen LogP contribution in [-0.2, 0) is 13.1 Å². The molecule has 2 N–H and O–H groups in total. The Bertz CT molecular complexity index is 678. The Balaban J connectivity index is 2.18. The van der Waals surface area contributed by atoms with Crippen LogP contribution in [0.25, 0.3) is 11.4 Å². The van der Waals surface area contributed by atoms with Crippen molar-refractivity contribution >= 4 is 15.9 Å². The second-order valence-electron chi connectivity index (χ2n) is 4.43. The Hall–Kier alpha value is -1.46. The molecule has 2 heterocycles. The first-order valence-corrected chi connectivity index (χ1v) is 6.54. The summed E-state index contributed by atoms with van der Waals surface area (Å²) in [4.78, 5) is 19.3. The number of hydrogen-bond acceptors (Lipinski definition) is 3. The Morgan fingerprint density at radius 3 is 2.94 bits per heavy atom. The maximum Gasteiger partial charge on any atom is 0.255 e. The van der Waals surface area contributed by atoms with Crippen molar-refractivity contribution in [3.8, 4) is 11.4 Å². The minimum absolute atomic E-state index is 0.0486. The van der Waals surface area contributed by atoms with Crippen LogP contribution in [-0.4, -0.2) is 9.97 Å². The van der Waals surface area contributed by atoms with Crippen molar-refractivity contribution in [3.05, 3.63) is 49.8 Å². The molecule has 0 unspecified atom stereocenters. The smallest absolute Gasteiger partial charge is 0.255 e. The molecule has 18 heavy (non-hydrogen) atoms. The van der Waals surface area contributed by atoms with E-state index in [1.165, 1.54) is 0 Å². The highest BCUT2D eigenvalue weighted by Crippen LogP contribution is 2.26. The number of nitrogens with zero attached hydrogens (tertiary/aromatic N) is 1. The largest absolute Gasteiger partial charge is 0.307 e. The molecule has 5 heteroatoms. The molecule has 0 saturated carbocycles. The molecule has 0 atom stereocenters. The Kier molecular flexibility index (Phi) is 2.80. The lowest BCUT2D eigenvalue weighted by molar-refractivity contribution is 0.757. The molecule has 0 fully saturated rings. The summed E-state index contributed by atoms with van der Waals surface area (Å²) in [5.74, 6) is 0.620. The fraction of sp³-hybridized carbons (Fsp3) is 0.231. The molecule has 0 amide bonds. The van der Waals surface area contributed by atoms with Crippen molar-refractivity contribution in [1.82, 2.24) is 15.3 Å². The summed E-state index contributed by atoms with van der Waals surface area (Å²) >= 11 is 3.51. The number of aromatic nitrogens is 2. The minimum Gasteiger partial charge on any atom is -0.307 e. The van der Waals surface area contributed by atoms with Gasteiger partial charge in [-0.2, -0.15) is 0 Å². The van der Waals surface area contributed by atoms with Gasteiger partial charge in [0.2, 0.25) is 0 Å². The zero-order chi connectivity index (χ0) is 12.7. The molecule has 1 aromatic heterocycles. The lowest BCUT2D eigenvalue weighted by Gasteiger charge is -2.06. The highest BCUT2D eigenvalue weighted by molar-refractivity contribution is 9.10. The predicted octanol–water partition coefficient (Wildman–Crippen LogP) is 2.11. The standard InChI is InChI=1S/C13H12BrN3O/c1-7-2-3-8(10(14)4-7)12-16-11-6-15-5-9(11)13(18)17-12/h2-4,15H,5-6H2,1H3,(H,16,17,18). The van der Waals surface area contributed by atoms with Crippen LogP contribution in [0, 0.1) is 6.92 Å². The van der Waals surface area contributed by atoms with Gasteiger partial charge >= 0.3 is 0 Å². The monoisotopic (exact) mass is 305 g/mol. The maximum atomic E-state index is 11.9. The van der Waals surface area contributed by atoms with E-state index in [2.05, 4.69) is 31.2 Å². The van der Waals surface area contributed by atoms with Crippen molar-refractivity contribution < 1.29 is 0 Å². The number of rotatable bonds is 1. The molecule has 4 nitrogen and oxygen atoms in total. The van der Waals surface area contributed by atoms with Gasteiger partial charge in [0.05, 0.1) is 11.3 Å². The summed E-state index contributed by atoms with van der Waals surface area (Å²) in [5.41, 5.74) is 3.62. The fourth-order valence-electron chi connectivity index (χ4n) is 2.12. The van der Waals surface area contributed by atoms with Crippen LogP contribution in [0.3, 0.4) is 0 Å². The number of H-pyrrole nitrogens is 1. The van der Waals surface area contributed by atoms with Crippen LogP contribution >= 0.6 is 15.9 Å². The molecule has 3 rings (SSSR count). The second-order valence-corrected chi connectivity index (χ2v) is 5.28. The van der Waals surface area contributed by atoms with Gasteiger partial charge < -0.3 is 10.3 Å². The molecule has 92 valence electrons. The average molecular weight is 306 g/mol. The molecule has 0 aliphatic carbocycles. The molecule has 1 aliphatic rings. The third-order valence-electron chi connectivity index (χ3n) is 3.08. The number of nitrogens with one attached hydrogen (secondary N) is 2. The van der Waals surface area contributed by atoms with Crippen LogP contribution in [0.5, 0.6) is 0 Å². The van der Waals surface area contributed by atoms with E-state index >= 15 is 0 Å². The van der Waals surface area contributed by atoms with E-state index in [0.29, 0.717) is 18.9 Å². The summed E-state index contributed by atoms with van der Waals surface area (Å²) in [5, 5.41) is 3.14. The molecule has 1 aliphatic heterocycles. The number of aryl methyl sites for hydroxylation is 1. The second kappa shape index (κ2) is 4.33. The Morgan fingerprint density at radius 2 is 2.17 bits per heavy atom. The molecular weight excluding hydrogens is 294 g/mol. The van der Waals surface area contributed by atoms with Crippen molar-refractivity contribution in [2.75, 3.05) is 0 Å². The summed E-state index contributed by atoms with van der Waals surface area (Å²) in [7, 11) is 0. The van der Waals surface area contributed by atoms with Crippen LogP contribution in [0.4, 0.5) is 0 Å². The van der Waals surface area contributed by atoms with E-state index in [1.54, 1.807) is 0 Å². The molecule has 0 radical (unpaired) electrons. The van der Waals surface area contributed by atoms with Crippen molar-refractivity contribution in [2.24, 2.45) is 0 Å². The van der Waals surface area contributed by atoms with Gasteiger partial charge in [0.1, 0.15) is 5.82 Å². The van der Waals surface area contributed by atoms with Gasteiger partial charge in [-0.15, -0.1) is 0 Å². The molecule has 2 aromatic rings. The number of halogens is 1. The first kappa shape index (κ1) is 11.6. The molecule has 1 aromatic carbocycles. The maximum absolute atomic E-state index is 11.9. The van der Waals surface area contributed by atoms with E-state index in [4.69, 9.17) is 0 Å². The van der Waals surface area contributed by atoms with E-state index < -0.39 is 0 Å². The van der Waals surface area contributed by atoms with E-state index in [0.717, 1.165) is 26.9 Å². The number of aromatic amines is 1. The normalized spacial score (nSPS) is 13.7. The lowest BCUT2D eigenvalue weighted by atomic mass is 10.1. The van der Waals surface area contributed by atoms with Crippen molar-refractivity contribution in [2.45, 2.75) is 20.0 Å². The van der Waals surface area contributed by atoms with Crippen LogP contribution in [0.2, 0.25) is 0 Å². The topological polar surface area (TPSA) is 57.8 Å². The van der Waals surface area contributed by atoms with Crippen LogP contribution in [0.1, 0.15) is 16.8 Å². The SMILES string of the molecule is Cc1ccc(-c2nc3c(c(=O)[nH]2)CNC3)c(Br)c1. The first-order valence-electron chi connectivity index (χ1n) is 5.74. The van der Waals surface area contributed by atoms with Gasteiger partial charge in [0.25, 0.3) is 5.56 Å². The summed E-state index contributed by atoms with van der Waals surface area (Å²) in [6, 6.07) is 5.98. The minimum atomic E-state index is -0.0486. The van der Waals surface area contributed by atoms with E-state index in [1.807, 2.05) is 25.1 Å². The lowest BCUT2D eigenvalue weighted by Crippen LogP contribution is -2.15. The number of fused-ring (bicyclic) bond motifs is 1. The van der Waals surface area contributed by atoms with E-state index in [-0.39, 0.29) is 5.56 Å². The fourth-order valence-corrected chi connectivity index (χ4v) is 2.80. The van der Waals surface area contributed by atoms with Crippen molar-refractivity contribution in [3.63, 3.8) is 0 Å². The molecule has 0 bridgehead atoms. The van der Waals surface area contributed by atoms with Gasteiger partial charge in [-0.05, 0) is 24.6 Å². The zero-order valence-electron chi connectivity index (χ0n) is 9.88. The highest BCUT2D eigenvalue weighted by atomic mass is 79.9. The van der Waals surface area contributed by atoms with Gasteiger partial charge in [-0.25, -0.2) is 4.98 Å². The first-order chi connectivity index (χ1) is 8.65. The highest BCUT2D eigenvalue weighted by Gasteiger charge is 2.17. The number of hydrogen-bond donors (Lipinski definition) is 2. The van der Waals surface area contributed by atoms with Gasteiger partial charge in [0, 0.05) is 23.1 Å². The molecule has 0 spiro atoms. The van der Waals surface area contributed by atoms with Crippen LogP contribution < -0.4 is 10.9 Å². The van der Waals surface area contributed by atoms with Crippen molar-refractivity contribution in [1.29, 1.82) is 0 Å². The third kappa shape index (κ3) is 1.89. The third-order valence-corrected chi connectivity index (χ3v) is 3.73. The van der Waals surface area contributed by atoms with Crippen LogP contribution in [0.15, 0.2) is 27.5 Å². The molecular formula is C13H12BrN3O. The van der Waals surface area contributed by atoms with Gasteiger partial charge in [-0.1, -0.05) is 22.0 Å². The quantitative estimate of drug-likeness (QED) is 0.848. The zero-order valence-corrected chi connectivity index (χ0v) is 11.5. The van der Waals surface area contributed by atoms with Gasteiger partial charge in [-0.3, -0.25) is 4.79 Å². The molecule has 0 saturated heterocycles. The predicted molar refractivity (Wildman–Crippen MR) is 73.3 cm³/mol. The average Bonchev–Trinajstić information content (AvgIpc) is 2.77. The summed E-state index contributed by atoms with van der Waals surface area (Å²) in [6.07, 6.45) is 0.